The van der Waals surface area contributed by atoms with E-state index in [9.17, 15) is 4.79 Å². The molecule has 14 heavy (non-hydrogen) atoms. The van der Waals surface area contributed by atoms with Crippen LogP contribution < -0.4 is 0 Å². The second-order valence-electron chi connectivity index (χ2n) is 3.11. The van der Waals surface area contributed by atoms with Crippen molar-refractivity contribution < 1.29 is 4.79 Å². The third-order valence-electron chi connectivity index (χ3n) is 1.91. The summed E-state index contributed by atoms with van der Waals surface area (Å²) in [5.41, 5.74) is 1.01. The van der Waals surface area contributed by atoms with Gasteiger partial charge >= 0.3 is 0 Å². The zero-order valence-electron chi connectivity index (χ0n) is 8.01. The molecule has 0 amide bonds. The summed E-state index contributed by atoms with van der Waals surface area (Å²) in [4.78, 5) is 11.7. The SMILES string of the molecule is Cn1cc(C(=O)c2ccn(C)n2)cn1. The summed E-state index contributed by atoms with van der Waals surface area (Å²) in [7, 11) is 3.55. The fourth-order valence-electron chi connectivity index (χ4n) is 1.22. The maximum absolute atomic E-state index is 11.7. The van der Waals surface area contributed by atoms with E-state index < -0.39 is 0 Å². The summed E-state index contributed by atoms with van der Waals surface area (Å²) in [6.45, 7) is 0. The molecule has 0 aliphatic carbocycles. The van der Waals surface area contributed by atoms with E-state index in [-0.39, 0.29) is 5.78 Å². The molecule has 0 fully saturated rings. The number of carbonyl (C=O) groups is 1. The van der Waals surface area contributed by atoms with Gasteiger partial charge in [0.2, 0.25) is 5.78 Å². The molecule has 0 saturated heterocycles. The zero-order valence-corrected chi connectivity index (χ0v) is 8.01. The van der Waals surface area contributed by atoms with Crippen LogP contribution in [0.1, 0.15) is 16.1 Å². The minimum atomic E-state index is -0.0984. The van der Waals surface area contributed by atoms with Crippen LogP contribution in [-0.4, -0.2) is 25.3 Å². The lowest BCUT2D eigenvalue weighted by Gasteiger charge is -1.90. The molecule has 2 aromatic rings. The van der Waals surface area contributed by atoms with Gasteiger partial charge in [0, 0.05) is 26.5 Å². The van der Waals surface area contributed by atoms with Crippen LogP contribution in [0.25, 0.3) is 0 Å². The highest BCUT2D eigenvalue weighted by molar-refractivity contribution is 6.07. The molecule has 0 spiro atoms. The van der Waals surface area contributed by atoms with E-state index in [0.29, 0.717) is 11.3 Å². The molecular weight excluding hydrogens is 180 g/mol. The number of ketones is 1. The Morgan fingerprint density at radius 3 is 2.64 bits per heavy atom. The van der Waals surface area contributed by atoms with Gasteiger partial charge < -0.3 is 0 Å². The number of hydrogen-bond donors (Lipinski definition) is 0. The Kier molecular flexibility index (Phi) is 1.92. The molecule has 0 aliphatic rings. The zero-order chi connectivity index (χ0) is 10.1. The lowest BCUT2D eigenvalue weighted by atomic mass is 10.2. The van der Waals surface area contributed by atoms with Gasteiger partial charge in [0.15, 0.2) is 0 Å². The first kappa shape index (κ1) is 8.68. The number of carbonyl (C=O) groups excluding carboxylic acids is 1. The highest BCUT2D eigenvalue weighted by Gasteiger charge is 2.12. The van der Waals surface area contributed by atoms with E-state index in [4.69, 9.17) is 0 Å². The first-order chi connectivity index (χ1) is 6.66. The maximum atomic E-state index is 11.7. The van der Waals surface area contributed by atoms with E-state index in [1.807, 2.05) is 0 Å². The van der Waals surface area contributed by atoms with Crippen molar-refractivity contribution in [2.24, 2.45) is 14.1 Å². The number of aryl methyl sites for hydroxylation is 2. The molecule has 2 rings (SSSR count). The van der Waals surface area contributed by atoms with Crippen molar-refractivity contribution in [2.75, 3.05) is 0 Å². The van der Waals surface area contributed by atoms with Gasteiger partial charge in [-0.15, -0.1) is 0 Å². The van der Waals surface area contributed by atoms with Gasteiger partial charge in [-0.05, 0) is 6.07 Å². The van der Waals surface area contributed by atoms with Crippen LogP contribution in [0.5, 0.6) is 0 Å². The Hall–Kier alpha value is -1.91. The molecule has 5 heteroatoms. The van der Waals surface area contributed by atoms with E-state index in [1.54, 1.807) is 41.9 Å². The van der Waals surface area contributed by atoms with Gasteiger partial charge in [-0.1, -0.05) is 0 Å². The molecule has 0 atom stereocenters. The summed E-state index contributed by atoms with van der Waals surface area (Å²) < 4.78 is 3.19. The van der Waals surface area contributed by atoms with Crippen LogP contribution in [0.3, 0.4) is 0 Å². The molecule has 0 aromatic carbocycles. The van der Waals surface area contributed by atoms with Gasteiger partial charge in [-0.25, -0.2) is 0 Å². The molecule has 72 valence electrons. The van der Waals surface area contributed by atoms with Crippen molar-refractivity contribution in [2.45, 2.75) is 0 Å². The average Bonchev–Trinajstić information content (AvgIpc) is 2.73. The molecule has 2 aromatic heterocycles. The molecule has 0 N–H and O–H groups in total. The Morgan fingerprint density at radius 2 is 2.14 bits per heavy atom. The van der Waals surface area contributed by atoms with Crippen molar-refractivity contribution in [3.8, 4) is 0 Å². The van der Waals surface area contributed by atoms with Gasteiger partial charge in [-0.3, -0.25) is 14.2 Å². The maximum Gasteiger partial charge on any atom is 0.216 e. The van der Waals surface area contributed by atoms with E-state index >= 15 is 0 Å². The third kappa shape index (κ3) is 1.44. The third-order valence-corrected chi connectivity index (χ3v) is 1.91. The van der Waals surface area contributed by atoms with Gasteiger partial charge in [0.05, 0.1) is 11.8 Å². The Labute approximate surface area is 81.0 Å². The van der Waals surface area contributed by atoms with E-state index in [1.165, 1.54) is 6.20 Å². The predicted octanol–water partition coefficient (Wildman–Crippen LogP) is 0.385. The minimum Gasteiger partial charge on any atom is -0.287 e. The molecule has 0 saturated carbocycles. The molecule has 0 bridgehead atoms. The van der Waals surface area contributed by atoms with Gasteiger partial charge in [0.25, 0.3) is 0 Å². The van der Waals surface area contributed by atoms with Crippen LogP contribution in [0.2, 0.25) is 0 Å². The fraction of sp³-hybridized carbons (Fsp3) is 0.222. The first-order valence-electron chi connectivity index (χ1n) is 4.20. The second kappa shape index (κ2) is 3.10. The second-order valence-corrected chi connectivity index (χ2v) is 3.11. The topological polar surface area (TPSA) is 52.7 Å². The summed E-state index contributed by atoms with van der Waals surface area (Å²) in [6.07, 6.45) is 4.96. The quantitative estimate of drug-likeness (QED) is 0.643. The van der Waals surface area contributed by atoms with Crippen molar-refractivity contribution in [1.82, 2.24) is 19.6 Å². The largest absolute Gasteiger partial charge is 0.287 e. The van der Waals surface area contributed by atoms with E-state index in [2.05, 4.69) is 10.2 Å². The van der Waals surface area contributed by atoms with E-state index in [0.717, 1.165) is 0 Å². The number of nitrogens with zero attached hydrogens (tertiary/aromatic N) is 4. The van der Waals surface area contributed by atoms with Crippen LogP contribution in [0.15, 0.2) is 24.7 Å². The summed E-state index contributed by atoms with van der Waals surface area (Å²) >= 11 is 0. The van der Waals surface area contributed by atoms with Crippen LogP contribution in [0.4, 0.5) is 0 Å². The Balaban J connectivity index is 2.33. The Bertz CT molecular complexity index is 426. The van der Waals surface area contributed by atoms with Gasteiger partial charge in [-0.2, -0.15) is 10.2 Å². The molecule has 2 heterocycles. The normalized spacial score (nSPS) is 10.4. The van der Waals surface area contributed by atoms with Crippen molar-refractivity contribution in [3.63, 3.8) is 0 Å². The first-order valence-corrected chi connectivity index (χ1v) is 4.20. The minimum absolute atomic E-state index is 0.0984. The highest BCUT2D eigenvalue weighted by Crippen LogP contribution is 2.05. The van der Waals surface area contributed by atoms with Crippen LogP contribution in [-0.2, 0) is 14.1 Å². The lowest BCUT2D eigenvalue weighted by molar-refractivity contribution is 0.103. The highest BCUT2D eigenvalue weighted by atomic mass is 16.1. The van der Waals surface area contributed by atoms with Crippen molar-refractivity contribution >= 4 is 5.78 Å². The summed E-state index contributed by atoms with van der Waals surface area (Å²) in [5, 5.41) is 7.96. The van der Waals surface area contributed by atoms with Crippen LogP contribution >= 0.6 is 0 Å². The molecule has 0 radical (unpaired) electrons. The van der Waals surface area contributed by atoms with Crippen molar-refractivity contribution in [1.29, 1.82) is 0 Å². The number of hydrogen-bond acceptors (Lipinski definition) is 3. The summed E-state index contributed by atoms with van der Waals surface area (Å²) in [6, 6.07) is 1.69. The number of aromatic nitrogens is 4. The smallest absolute Gasteiger partial charge is 0.216 e. The monoisotopic (exact) mass is 190 g/mol. The predicted molar refractivity (Wildman–Crippen MR) is 49.8 cm³/mol. The fourth-order valence-corrected chi connectivity index (χ4v) is 1.22. The molecule has 0 unspecified atom stereocenters. The number of rotatable bonds is 2. The summed E-state index contributed by atoms with van der Waals surface area (Å²) in [5.74, 6) is -0.0984. The Morgan fingerprint density at radius 1 is 1.36 bits per heavy atom. The molecular formula is C9H10N4O. The lowest BCUT2D eigenvalue weighted by Crippen LogP contribution is -2.02. The van der Waals surface area contributed by atoms with Crippen LogP contribution in [0, 0.1) is 0 Å². The molecule has 0 aliphatic heterocycles. The average molecular weight is 190 g/mol. The standard InChI is InChI=1S/C9H10N4O/c1-12-4-3-8(11-12)9(14)7-5-10-13(2)6-7/h3-6H,1-2H3. The van der Waals surface area contributed by atoms with Crippen molar-refractivity contribution in [3.05, 3.63) is 35.9 Å². The van der Waals surface area contributed by atoms with Gasteiger partial charge in [0.1, 0.15) is 5.69 Å². The molecule has 5 nitrogen and oxygen atoms in total.